The Balaban J connectivity index is 2.27. The maximum Gasteiger partial charge on any atom is 0.267 e. The van der Waals surface area contributed by atoms with Gasteiger partial charge in [0.05, 0.1) is 6.54 Å². The highest BCUT2D eigenvalue weighted by molar-refractivity contribution is 7.15. The van der Waals surface area contributed by atoms with Crippen molar-refractivity contribution < 1.29 is 0 Å². The maximum atomic E-state index is 11.3. The summed E-state index contributed by atoms with van der Waals surface area (Å²) >= 11 is 6.84. The Bertz CT molecular complexity index is 494. The molecule has 0 fully saturated rings. The van der Waals surface area contributed by atoms with Crippen LogP contribution in [0.2, 0.25) is 4.47 Å². The van der Waals surface area contributed by atoms with Gasteiger partial charge < -0.3 is 0 Å². The van der Waals surface area contributed by atoms with E-state index in [2.05, 4.69) is 15.3 Å². The van der Waals surface area contributed by atoms with Gasteiger partial charge in [-0.05, 0) is 17.7 Å². The number of rotatable bonds is 2. The van der Waals surface area contributed by atoms with Crippen LogP contribution in [0, 0.1) is 0 Å². The van der Waals surface area contributed by atoms with Crippen LogP contribution in [0.15, 0.2) is 23.1 Å². The molecule has 7 heteroatoms. The largest absolute Gasteiger partial charge is 0.268 e. The minimum absolute atomic E-state index is 0.168. The van der Waals surface area contributed by atoms with E-state index in [1.807, 2.05) is 0 Å². The van der Waals surface area contributed by atoms with E-state index in [0.717, 1.165) is 0 Å². The summed E-state index contributed by atoms with van der Waals surface area (Å²) in [6, 6.07) is 3.03. The Morgan fingerprint density at radius 2 is 2.36 bits per heavy atom. The first-order valence-electron chi connectivity index (χ1n) is 3.76. The summed E-state index contributed by atoms with van der Waals surface area (Å²) < 4.78 is 1.67. The summed E-state index contributed by atoms with van der Waals surface area (Å²) in [6.07, 6.45) is 1.55. The van der Waals surface area contributed by atoms with Crippen molar-refractivity contribution in [1.29, 1.82) is 0 Å². The fourth-order valence-corrected chi connectivity index (χ4v) is 1.78. The molecule has 0 saturated carbocycles. The van der Waals surface area contributed by atoms with Gasteiger partial charge in [0.1, 0.15) is 5.01 Å². The molecule has 2 rings (SSSR count). The molecule has 5 nitrogen and oxygen atoms in total. The van der Waals surface area contributed by atoms with Crippen molar-refractivity contribution in [2.75, 3.05) is 0 Å². The van der Waals surface area contributed by atoms with E-state index in [1.165, 1.54) is 22.1 Å². The van der Waals surface area contributed by atoms with E-state index < -0.39 is 0 Å². The van der Waals surface area contributed by atoms with Gasteiger partial charge in [0, 0.05) is 12.3 Å². The molecule has 0 aliphatic heterocycles. The molecule has 0 N–H and O–H groups in total. The van der Waals surface area contributed by atoms with Crippen molar-refractivity contribution in [1.82, 2.24) is 20.0 Å². The van der Waals surface area contributed by atoms with Crippen LogP contribution in [0.4, 0.5) is 0 Å². The number of halogens is 1. The summed E-state index contributed by atoms with van der Waals surface area (Å²) in [5.41, 5.74) is -0.168. The van der Waals surface area contributed by atoms with E-state index in [1.54, 1.807) is 12.3 Å². The zero-order valence-corrected chi connectivity index (χ0v) is 8.49. The molecule has 0 radical (unpaired) electrons. The molecule has 0 bridgehead atoms. The highest BCUT2D eigenvalue weighted by Crippen LogP contribution is 2.14. The van der Waals surface area contributed by atoms with Crippen LogP contribution in [-0.4, -0.2) is 20.0 Å². The molecule has 0 atom stereocenters. The average Bonchev–Trinajstić information content (AvgIpc) is 2.56. The molecule has 14 heavy (non-hydrogen) atoms. The van der Waals surface area contributed by atoms with Crippen LogP contribution in [0.5, 0.6) is 0 Å². The van der Waals surface area contributed by atoms with E-state index >= 15 is 0 Å². The predicted molar refractivity (Wildman–Crippen MR) is 52.5 cm³/mol. The fourth-order valence-electron chi connectivity index (χ4n) is 0.931. The quantitative estimate of drug-likeness (QED) is 0.763. The van der Waals surface area contributed by atoms with Crippen molar-refractivity contribution >= 4 is 22.9 Å². The number of aromatic nitrogens is 4. The van der Waals surface area contributed by atoms with Gasteiger partial charge in [0.15, 0.2) is 0 Å². The van der Waals surface area contributed by atoms with Gasteiger partial charge in [0.25, 0.3) is 5.56 Å². The van der Waals surface area contributed by atoms with Crippen molar-refractivity contribution in [3.05, 3.63) is 38.2 Å². The first kappa shape index (κ1) is 9.29. The Morgan fingerprint density at radius 3 is 3.00 bits per heavy atom. The van der Waals surface area contributed by atoms with Gasteiger partial charge in [-0.15, -0.1) is 10.2 Å². The topological polar surface area (TPSA) is 60.7 Å². The minimum atomic E-state index is -0.168. The monoisotopic (exact) mass is 228 g/mol. The second-order valence-electron chi connectivity index (χ2n) is 2.47. The lowest BCUT2D eigenvalue weighted by molar-refractivity contribution is 0.632. The minimum Gasteiger partial charge on any atom is -0.268 e. The second kappa shape index (κ2) is 3.85. The summed E-state index contributed by atoms with van der Waals surface area (Å²) in [6.45, 7) is 0.310. The smallest absolute Gasteiger partial charge is 0.267 e. The zero-order chi connectivity index (χ0) is 9.97. The Labute approximate surface area is 88.0 Å². The van der Waals surface area contributed by atoms with Crippen LogP contribution >= 0.6 is 22.9 Å². The Kier molecular flexibility index (Phi) is 2.55. The molecular weight excluding hydrogens is 224 g/mol. The van der Waals surface area contributed by atoms with Crippen molar-refractivity contribution in [2.24, 2.45) is 0 Å². The van der Waals surface area contributed by atoms with Gasteiger partial charge in [-0.1, -0.05) is 11.3 Å². The summed E-state index contributed by atoms with van der Waals surface area (Å²) in [5.74, 6) is 0. The molecule has 0 aromatic carbocycles. The van der Waals surface area contributed by atoms with Crippen molar-refractivity contribution in [3.63, 3.8) is 0 Å². The van der Waals surface area contributed by atoms with Gasteiger partial charge in [0.2, 0.25) is 4.47 Å². The molecular formula is C7H5ClN4OS. The third-order valence-electron chi connectivity index (χ3n) is 1.51. The van der Waals surface area contributed by atoms with E-state index in [9.17, 15) is 4.79 Å². The SMILES string of the molecule is O=c1cccnn1Cc1nnc(Cl)s1. The van der Waals surface area contributed by atoms with E-state index in [4.69, 9.17) is 11.6 Å². The van der Waals surface area contributed by atoms with Gasteiger partial charge in [-0.2, -0.15) is 5.10 Å². The average molecular weight is 229 g/mol. The molecule has 0 aliphatic carbocycles. The normalized spacial score (nSPS) is 10.4. The molecule has 2 aromatic rings. The summed E-state index contributed by atoms with van der Waals surface area (Å²) in [4.78, 5) is 11.3. The molecule has 0 amide bonds. The molecule has 0 aliphatic rings. The first-order chi connectivity index (χ1) is 6.75. The van der Waals surface area contributed by atoms with Gasteiger partial charge in [-0.25, -0.2) is 4.68 Å². The van der Waals surface area contributed by atoms with Crippen LogP contribution in [0.25, 0.3) is 0 Å². The van der Waals surface area contributed by atoms with Crippen LogP contribution in [-0.2, 0) is 6.54 Å². The highest BCUT2D eigenvalue weighted by atomic mass is 35.5. The third-order valence-corrected chi connectivity index (χ3v) is 2.52. The number of nitrogens with zero attached hydrogens (tertiary/aromatic N) is 4. The van der Waals surface area contributed by atoms with E-state index in [-0.39, 0.29) is 5.56 Å². The zero-order valence-electron chi connectivity index (χ0n) is 6.92. The molecule has 72 valence electrons. The Hall–Kier alpha value is -1.27. The molecule has 0 spiro atoms. The molecule has 2 heterocycles. The summed E-state index contributed by atoms with van der Waals surface area (Å²) in [5, 5.41) is 12.0. The lowest BCUT2D eigenvalue weighted by Gasteiger charge is -1.97. The van der Waals surface area contributed by atoms with Crippen molar-refractivity contribution in [3.8, 4) is 0 Å². The maximum absolute atomic E-state index is 11.3. The first-order valence-corrected chi connectivity index (χ1v) is 4.95. The van der Waals surface area contributed by atoms with Crippen LogP contribution in [0.3, 0.4) is 0 Å². The molecule has 0 saturated heterocycles. The van der Waals surface area contributed by atoms with Crippen LogP contribution < -0.4 is 5.56 Å². The standard InChI is InChI=1S/C7H5ClN4OS/c8-7-11-10-5(14-7)4-12-6(13)2-1-3-9-12/h1-3H,4H2. The molecule has 2 aromatic heterocycles. The lowest BCUT2D eigenvalue weighted by atomic mass is 10.5. The summed E-state index contributed by atoms with van der Waals surface area (Å²) in [7, 11) is 0. The predicted octanol–water partition coefficient (Wildman–Crippen LogP) is 0.796. The number of hydrogen-bond donors (Lipinski definition) is 0. The second-order valence-corrected chi connectivity index (χ2v) is 4.11. The van der Waals surface area contributed by atoms with Crippen molar-refractivity contribution in [2.45, 2.75) is 6.54 Å². The number of hydrogen-bond acceptors (Lipinski definition) is 5. The molecule has 0 unspecified atom stereocenters. The van der Waals surface area contributed by atoms with Gasteiger partial charge in [-0.3, -0.25) is 4.79 Å². The fraction of sp³-hybridized carbons (Fsp3) is 0.143. The van der Waals surface area contributed by atoms with Crippen LogP contribution in [0.1, 0.15) is 5.01 Å². The van der Waals surface area contributed by atoms with Gasteiger partial charge >= 0.3 is 0 Å². The van der Waals surface area contributed by atoms with E-state index in [0.29, 0.717) is 16.0 Å². The Morgan fingerprint density at radius 1 is 1.50 bits per heavy atom. The third kappa shape index (κ3) is 1.97. The lowest BCUT2D eigenvalue weighted by Crippen LogP contribution is -2.21. The highest BCUT2D eigenvalue weighted by Gasteiger charge is 2.03.